The van der Waals surface area contributed by atoms with Gasteiger partial charge in [0.05, 0.1) is 0 Å². The lowest BCUT2D eigenvalue weighted by molar-refractivity contribution is -0.122. The zero-order valence-corrected chi connectivity index (χ0v) is 7.66. The summed E-state index contributed by atoms with van der Waals surface area (Å²) in [5.74, 6) is -0.478. The lowest BCUT2D eigenvalue weighted by Crippen LogP contribution is -2.32. The summed E-state index contributed by atoms with van der Waals surface area (Å²) in [6, 6.07) is 3.40. The number of rotatable bonds is 1. The average Bonchev–Trinajstić information content (AvgIpc) is 2.18. The molecule has 1 aromatic rings. The number of aromatic nitrogens is 1. The lowest BCUT2D eigenvalue weighted by Gasteiger charge is -2.22. The number of nitrogens with zero attached hydrogens (tertiary/aromatic N) is 1. The first-order valence-electron chi connectivity index (χ1n) is 4.64. The summed E-state index contributed by atoms with van der Waals surface area (Å²) in [6.45, 7) is 0.623. The molecule has 1 aliphatic heterocycles. The molecule has 3 nitrogen and oxygen atoms in total. The summed E-state index contributed by atoms with van der Waals surface area (Å²) in [6.07, 6.45) is 2.57. The van der Waals surface area contributed by atoms with E-state index in [4.69, 9.17) is 0 Å². The largest absolute Gasteiger partial charge is 0.356 e. The van der Waals surface area contributed by atoms with Crippen molar-refractivity contribution in [1.82, 2.24) is 10.3 Å². The summed E-state index contributed by atoms with van der Waals surface area (Å²) in [5.41, 5.74) is 0.558. The summed E-state index contributed by atoms with van der Waals surface area (Å²) in [7, 11) is 0. The van der Waals surface area contributed by atoms with Gasteiger partial charge in [0.2, 0.25) is 11.9 Å². The third kappa shape index (κ3) is 1.73. The zero-order valence-electron chi connectivity index (χ0n) is 7.66. The number of piperidine rings is 1. The molecule has 1 unspecified atom stereocenters. The van der Waals surface area contributed by atoms with Crippen molar-refractivity contribution in [2.75, 3.05) is 6.54 Å². The Morgan fingerprint density at radius 3 is 3.14 bits per heavy atom. The van der Waals surface area contributed by atoms with E-state index in [1.54, 1.807) is 12.1 Å². The molecule has 0 bridgehead atoms. The highest BCUT2D eigenvalue weighted by Crippen LogP contribution is 2.26. The number of halogens is 1. The van der Waals surface area contributed by atoms with E-state index in [9.17, 15) is 9.18 Å². The molecule has 0 radical (unpaired) electrons. The van der Waals surface area contributed by atoms with Gasteiger partial charge in [-0.1, -0.05) is 6.07 Å². The SMILES string of the molecule is O=C1CC(c2cccnc2F)CCN1. The Morgan fingerprint density at radius 2 is 2.43 bits per heavy atom. The van der Waals surface area contributed by atoms with Gasteiger partial charge >= 0.3 is 0 Å². The van der Waals surface area contributed by atoms with Crippen molar-refractivity contribution in [2.24, 2.45) is 0 Å². The number of carbonyl (C=O) groups is 1. The quantitative estimate of drug-likeness (QED) is 0.683. The molecule has 1 aliphatic rings. The molecule has 14 heavy (non-hydrogen) atoms. The second kappa shape index (κ2) is 3.74. The Bertz CT molecular complexity index is 354. The Hall–Kier alpha value is -1.45. The maximum atomic E-state index is 13.3. The van der Waals surface area contributed by atoms with Crippen LogP contribution in [0, 0.1) is 5.95 Å². The molecule has 2 heterocycles. The summed E-state index contributed by atoms with van der Waals surface area (Å²) in [5, 5.41) is 2.72. The van der Waals surface area contributed by atoms with Crippen LogP contribution in [0.5, 0.6) is 0 Å². The maximum absolute atomic E-state index is 13.3. The molecule has 0 aliphatic carbocycles. The van der Waals surface area contributed by atoms with Gasteiger partial charge in [-0.3, -0.25) is 4.79 Å². The van der Waals surface area contributed by atoms with Crippen LogP contribution >= 0.6 is 0 Å². The number of amides is 1. The molecular weight excluding hydrogens is 183 g/mol. The smallest absolute Gasteiger partial charge is 0.220 e. The summed E-state index contributed by atoms with van der Waals surface area (Å²) < 4.78 is 13.3. The molecule has 0 aromatic carbocycles. The van der Waals surface area contributed by atoms with Gasteiger partial charge < -0.3 is 5.32 Å². The average molecular weight is 194 g/mol. The molecule has 1 amide bonds. The second-order valence-corrected chi connectivity index (χ2v) is 3.42. The molecule has 1 atom stereocenters. The van der Waals surface area contributed by atoms with Gasteiger partial charge in [0.1, 0.15) is 0 Å². The van der Waals surface area contributed by atoms with Gasteiger partial charge in [0.15, 0.2) is 0 Å². The Morgan fingerprint density at radius 1 is 1.57 bits per heavy atom. The predicted molar refractivity (Wildman–Crippen MR) is 49.2 cm³/mol. The Kier molecular flexibility index (Phi) is 2.43. The van der Waals surface area contributed by atoms with E-state index in [1.165, 1.54) is 6.20 Å². The van der Waals surface area contributed by atoms with Crippen LogP contribution in [0.1, 0.15) is 24.3 Å². The molecule has 1 N–H and O–H groups in total. The van der Waals surface area contributed by atoms with Crippen LogP contribution in [0.15, 0.2) is 18.3 Å². The maximum Gasteiger partial charge on any atom is 0.220 e. The fourth-order valence-electron chi connectivity index (χ4n) is 1.75. The number of nitrogens with one attached hydrogen (secondary N) is 1. The predicted octanol–water partition coefficient (Wildman–Crippen LogP) is 1.21. The van der Waals surface area contributed by atoms with Gasteiger partial charge in [0, 0.05) is 24.7 Å². The Balaban J connectivity index is 2.22. The second-order valence-electron chi connectivity index (χ2n) is 3.42. The van der Waals surface area contributed by atoms with Crippen molar-refractivity contribution < 1.29 is 9.18 Å². The molecule has 0 saturated carbocycles. The van der Waals surface area contributed by atoms with Crippen LogP contribution in [0.4, 0.5) is 4.39 Å². The molecule has 1 fully saturated rings. The molecule has 2 rings (SSSR count). The first kappa shape index (κ1) is 9.12. The highest BCUT2D eigenvalue weighted by atomic mass is 19.1. The molecule has 4 heteroatoms. The monoisotopic (exact) mass is 194 g/mol. The van der Waals surface area contributed by atoms with Crippen molar-refractivity contribution in [3.63, 3.8) is 0 Å². The van der Waals surface area contributed by atoms with Crippen molar-refractivity contribution in [1.29, 1.82) is 0 Å². The van der Waals surface area contributed by atoms with Crippen LogP contribution in [0.25, 0.3) is 0 Å². The summed E-state index contributed by atoms with van der Waals surface area (Å²) in [4.78, 5) is 14.7. The van der Waals surface area contributed by atoms with Gasteiger partial charge in [-0.2, -0.15) is 4.39 Å². The van der Waals surface area contributed by atoms with Crippen molar-refractivity contribution in [2.45, 2.75) is 18.8 Å². The van der Waals surface area contributed by atoms with E-state index in [2.05, 4.69) is 10.3 Å². The van der Waals surface area contributed by atoms with Crippen molar-refractivity contribution >= 4 is 5.91 Å². The number of pyridine rings is 1. The van der Waals surface area contributed by atoms with Crippen LogP contribution in [0.2, 0.25) is 0 Å². The van der Waals surface area contributed by atoms with Crippen molar-refractivity contribution in [3.05, 3.63) is 29.8 Å². The van der Waals surface area contributed by atoms with E-state index in [-0.39, 0.29) is 11.8 Å². The molecule has 0 spiro atoms. The normalized spacial score (nSPS) is 21.8. The van der Waals surface area contributed by atoms with Crippen molar-refractivity contribution in [3.8, 4) is 0 Å². The minimum absolute atomic E-state index is 0.00972. The first-order valence-corrected chi connectivity index (χ1v) is 4.64. The topological polar surface area (TPSA) is 42.0 Å². The number of carbonyl (C=O) groups excluding carboxylic acids is 1. The molecular formula is C10H11FN2O. The zero-order chi connectivity index (χ0) is 9.97. The number of hydrogen-bond donors (Lipinski definition) is 1. The van der Waals surface area contributed by atoms with E-state index in [0.717, 1.165) is 6.42 Å². The third-order valence-corrected chi connectivity index (χ3v) is 2.47. The van der Waals surface area contributed by atoms with Gasteiger partial charge in [-0.05, 0) is 18.4 Å². The van der Waals surface area contributed by atoms with E-state index in [0.29, 0.717) is 18.5 Å². The number of hydrogen-bond acceptors (Lipinski definition) is 2. The fourth-order valence-corrected chi connectivity index (χ4v) is 1.75. The highest BCUT2D eigenvalue weighted by molar-refractivity contribution is 5.77. The van der Waals surface area contributed by atoms with Gasteiger partial charge in [0.25, 0.3) is 0 Å². The van der Waals surface area contributed by atoms with Crippen LogP contribution in [-0.2, 0) is 4.79 Å². The van der Waals surface area contributed by atoms with E-state index < -0.39 is 5.95 Å². The van der Waals surface area contributed by atoms with E-state index >= 15 is 0 Å². The van der Waals surface area contributed by atoms with Crippen LogP contribution in [0.3, 0.4) is 0 Å². The van der Waals surface area contributed by atoms with Gasteiger partial charge in [-0.15, -0.1) is 0 Å². The highest BCUT2D eigenvalue weighted by Gasteiger charge is 2.23. The van der Waals surface area contributed by atoms with Crippen LogP contribution in [-0.4, -0.2) is 17.4 Å². The standard InChI is InChI=1S/C10H11FN2O/c11-10-8(2-1-4-13-10)7-3-5-12-9(14)6-7/h1-2,4,7H,3,5-6H2,(H,12,14). The van der Waals surface area contributed by atoms with Crippen LogP contribution < -0.4 is 5.32 Å². The molecule has 1 saturated heterocycles. The van der Waals surface area contributed by atoms with E-state index in [1.807, 2.05) is 0 Å². The Labute approximate surface area is 81.3 Å². The summed E-state index contributed by atoms with van der Waals surface area (Å²) >= 11 is 0. The molecule has 1 aromatic heterocycles. The molecule has 74 valence electrons. The first-order chi connectivity index (χ1) is 6.77. The lowest BCUT2D eigenvalue weighted by atomic mass is 9.91. The third-order valence-electron chi connectivity index (χ3n) is 2.47. The fraction of sp³-hybridized carbons (Fsp3) is 0.400. The minimum atomic E-state index is -0.452. The minimum Gasteiger partial charge on any atom is -0.356 e. The van der Waals surface area contributed by atoms with Gasteiger partial charge in [-0.25, -0.2) is 4.98 Å².